The van der Waals surface area contributed by atoms with Gasteiger partial charge in [-0.15, -0.1) is 0 Å². The van der Waals surface area contributed by atoms with E-state index in [0.29, 0.717) is 5.69 Å². The maximum atomic E-state index is 14.5. The highest BCUT2D eigenvalue weighted by Crippen LogP contribution is 2.29. The average molecular weight is 554 g/mol. The predicted molar refractivity (Wildman–Crippen MR) is 133 cm³/mol. The Kier molecular flexibility index (Phi) is 6.20. The second-order valence-corrected chi connectivity index (χ2v) is 9.35. The lowest BCUT2D eigenvalue weighted by Crippen LogP contribution is -2.40. The molecule has 6 rings (SSSR count). The molecule has 2 aromatic carbocycles. The summed E-state index contributed by atoms with van der Waals surface area (Å²) in [6.07, 6.45) is 2.04. The Morgan fingerprint density at radius 1 is 0.900 bits per heavy atom. The third kappa shape index (κ3) is 4.23. The molecule has 5 aromatic rings. The number of halogens is 5. The van der Waals surface area contributed by atoms with Gasteiger partial charge in [-0.05, 0) is 43.2 Å². The maximum Gasteiger partial charge on any atom is 0.326 e. The molecule has 0 spiro atoms. The number of H-pyrrole nitrogens is 1. The molecule has 1 aliphatic heterocycles. The molecule has 1 N–H and O–H groups in total. The van der Waals surface area contributed by atoms with E-state index in [-0.39, 0.29) is 54.0 Å². The molecule has 0 radical (unpaired) electrons. The molecule has 0 saturated carbocycles. The zero-order valence-electron chi connectivity index (χ0n) is 20.5. The molecule has 4 heterocycles. The van der Waals surface area contributed by atoms with E-state index in [4.69, 9.17) is 0 Å². The van der Waals surface area contributed by atoms with E-state index in [1.54, 1.807) is 18.2 Å². The fourth-order valence-corrected chi connectivity index (χ4v) is 5.03. The van der Waals surface area contributed by atoms with Crippen molar-refractivity contribution in [1.82, 2.24) is 29.2 Å². The minimum absolute atomic E-state index is 0.0541. The number of hydrogen-bond acceptors (Lipinski definition) is 4. The third-order valence-corrected chi connectivity index (χ3v) is 6.96. The molecule has 1 amide bonds. The van der Waals surface area contributed by atoms with E-state index in [0.717, 1.165) is 22.9 Å². The van der Waals surface area contributed by atoms with Crippen molar-refractivity contribution in [2.75, 3.05) is 13.1 Å². The van der Waals surface area contributed by atoms with Crippen molar-refractivity contribution in [2.45, 2.75) is 18.9 Å². The first-order valence-corrected chi connectivity index (χ1v) is 12.3. The Bertz CT molecular complexity index is 1800. The molecule has 1 fully saturated rings. The molecule has 8 nitrogen and oxygen atoms in total. The van der Waals surface area contributed by atoms with Crippen LogP contribution < -0.4 is 5.69 Å². The first-order chi connectivity index (χ1) is 19.2. The predicted octanol–water partition coefficient (Wildman–Crippen LogP) is 4.75. The molecule has 0 unspecified atom stereocenters. The fourth-order valence-electron chi connectivity index (χ4n) is 5.03. The zero-order chi connectivity index (χ0) is 28.1. The summed E-state index contributed by atoms with van der Waals surface area (Å²) in [6, 6.07) is 9.63. The van der Waals surface area contributed by atoms with E-state index >= 15 is 0 Å². The number of piperidine rings is 1. The molecule has 1 aliphatic rings. The lowest BCUT2D eigenvalue weighted by atomic mass is 10.0. The highest BCUT2D eigenvalue weighted by molar-refractivity contribution is 5.93. The minimum Gasteiger partial charge on any atom is -0.337 e. The fraction of sp³-hybridized carbons (Fsp3) is 0.185. The van der Waals surface area contributed by atoms with Gasteiger partial charge in [0, 0.05) is 37.5 Å². The van der Waals surface area contributed by atoms with Crippen molar-refractivity contribution in [3.05, 3.63) is 100.0 Å². The van der Waals surface area contributed by atoms with Gasteiger partial charge in [-0.3, -0.25) is 14.3 Å². The first-order valence-electron chi connectivity index (χ1n) is 12.3. The number of rotatable bonds is 4. The van der Waals surface area contributed by atoms with Crippen LogP contribution in [0.2, 0.25) is 0 Å². The van der Waals surface area contributed by atoms with Crippen LogP contribution in [0.1, 0.15) is 29.4 Å². The van der Waals surface area contributed by atoms with Gasteiger partial charge >= 0.3 is 5.69 Å². The summed E-state index contributed by atoms with van der Waals surface area (Å²) >= 11 is 0. The van der Waals surface area contributed by atoms with Gasteiger partial charge in [-0.1, -0.05) is 6.07 Å². The van der Waals surface area contributed by atoms with Crippen LogP contribution in [0.5, 0.6) is 0 Å². The van der Waals surface area contributed by atoms with Crippen LogP contribution in [0.4, 0.5) is 22.0 Å². The van der Waals surface area contributed by atoms with Crippen LogP contribution >= 0.6 is 0 Å². The summed E-state index contributed by atoms with van der Waals surface area (Å²) in [4.78, 5) is 34.2. The minimum atomic E-state index is -1.63. The highest BCUT2D eigenvalue weighted by atomic mass is 19.2. The number of fused-ring (bicyclic) bond motifs is 1. The monoisotopic (exact) mass is 554 g/mol. The number of carbonyl (C=O) groups is 1. The number of hydrogen-bond donors (Lipinski definition) is 1. The molecule has 204 valence electrons. The largest absolute Gasteiger partial charge is 0.337 e. The summed E-state index contributed by atoms with van der Waals surface area (Å²) in [5.74, 6) is -7.18. The number of amides is 1. The number of carbonyl (C=O) groups excluding carboxylic acids is 1. The van der Waals surface area contributed by atoms with E-state index < -0.39 is 46.7 Å². The van der Waals surface area contributed by atoms with Crippen molar-refractivity contribution in [2.24, 2.45) is 0 Å². The Balaban J connectivity index is 1.30. The molecular formula is C27H19F5N6O2. The van der Waals surface area contributed by atoms with E-state index in [1.165, 1.54) is 27.8 Å². The summed E-state index contributed by atoms with van der Waals surface area (Å²) in [5.41, 5.74) is -0.180. The summed E-state index contributed by atoms with van der Waals surface area (Å²) < 4.78 is 72.4. The first kappa shape index (κ1) is 25.5. The van der Waals surface area contributed by atoms with Gasteiger partial charge in [0.15, 0.2) is 34.8 Å². The second-order valence-electron chi connectivity index (χ2n) is 9.35. The van der Waals surface area contributed by atoms with Crippen LogP contribution in [0.15, 0.2) is 59.5 Å². The number of nitrogens with one attached hydrogen (secondary N) is 1. The highest BCUT2D eigenvalue weighted by Gasteiger charge is 2.30. The van der Waals surface area contributed by atoms with Crippen LogP contribution in [0, 0.1) is 29.1 Å². The number of nitrogens with zero attached hydrogens (tertiary/aromatic N) is 5. The number of aromatic nitrogens is 5. The summed E-state index contributed by atoms with van der Waals surface area (Å²) in [5, 5.41) is 4.27. The van der Waals surface area contributed by atoms with Gasteiger partial charge in [-0.2, -0.15) is 5.10 Å². The Hall–Kier alpha value is -4.81. The molecule has 3 aromatic heterocycles. The van der Waals surface area contributed by atoms with Crippen LogP contribution in [0.25, 0.3) is 28.1 Å². The lowest BCUT2D eigenvalue weighted by molar-refractivity contribution is 0.0688. The van der Waals surface area contributed by atoms with Gasteiger partial charge in [0.05, 0.1) is 22.6 Å². The second kappa shape index (κ2) is 9.74. The summed E-state index contributed by atoms with van der Waals surface area (Å²) in [7, 11) is 0. The lowest BCUT2D eigenvalue weighted by Gasteiger charge is -2.32. The Labute approximate surface area is 222 Å². The number of pyridine rings is 1. The molecule has 0 atom stereocenters. The molecule has 0 bridgehead atoms. The van der Waals surface area contributed by atoms with Crippen molar-refractivity contribution in [3.63, 3.8) is 0 Å². The Morgan fingerprint density at radius 3 is 2.30 bits per heavy atom. The van der Waals surface area contributed by atoms with Crippen LogP contribution in [0.3, 0.4) is 0 Å². The van der Waals surface area contributed by atoms with E-state index in [1.807, 2.05) is 0 Å². The Morgan fingerprint density at radius 2 is 1.62 bits per heavy atom. The van der Waals surface area contributed by atoms with E-state index in [2.05, 4.69) is 15.1 Å². The quantitative estimate of drug-likeness (QED) is 0.257. The number of aromatic amines is 1. The molecule has 1 saturated heterocycles. The van der Waals surface area contributed by atoms with Gasteiger partial charge in [0.25, 0.3) is 5.91 Å². The molecule has 0 aliphatic carbocycles. The van der Waals surface area contributed by atoms with Crippen molar-refractivity contribution >= 4 is 16.9 Å². The normalized spacial score (nSPS) is 14.3. The SMILES string of the molecule is O=C(c1cc(-c2ccccn2)n(-c2cc(F)c(F)c(F)c2)n1)N1CCC(n2c(=O)[nH]c3ccc(F)c(F)c32)CC1. The molecule has 40 heavy (non-hydrogen) atoms. The van der Waals surface area contributed by atoms with Crippen molar-refractivity contribution < 1.29 is 26.7 Å². The van der Waals surface area contributed by atoms with Gasteiger partial charge < -0.3 is 9.88 Å². The number of imidazole rings is 1. The number of likely N-dealkylation sites (tertiary alicyclic amines) is 1. The smallest absolute Gasteiger partial charge is 0.326 e. The maximum absolute atomic E-state index is 14.5. The molecule has 13 heteroatoms. The van der Waals surface area contributed by atoms with Gasteiger partial charge in [0.2, 0.25) is 0 Å². The third-order valence-electron chi connectivity index (χ3n) is 6.96. The van der Waals surface area contributed by atoms with Crippen molar-refractivity contribution in [3.8, 4) is 17.1 Å². The summed E-state index contributed by atoms with van der Waals surface area (Å²) in [6.45, 7) is 0.344. The van der Waals surface area contributed by atoms with Crippen LogP contribution in [-0.2, 0) is 0 Å². The molecular weight excluding hydrogens is 535 g/mol. The zero-order valence-corrected chi connectivity index (χ0v) is 20.5. The van der Waals surface area contributed by atoms with Crippen LogP contribution in [-0.4, -0.2) is 48.2 Å². The van der Waals surface area contributed by atoms with Gasteiger partial charge in [0.1, 0.15) is 5.52 Å². The van der Waals surface area contributed by atoms with Crippen molar-refractivity contribution in [1.29, 1.82) is 0 Å². The average Bonchev–Trinajstić information content (AvgIpc) is 3.55. The van der Waals surface area contributed by atoms with Gasteiger partial charge in [-0.25, -0.2) is 31.4 Å². The topological polar surface area (TPSA) is 88.8 Å². The standard InChI is InChI=1S/C27H19F5N6O2/c28-16-4-5-20-25(24(16)32)37(27(40)34-20)14-6-9-36(10-7-14)26(39)21-13-22(19-3-1-2-8-33-19)38(35-21)15-11-17(29)23(31)18(30)12-15/h1-5,8,11-14H,6-7,9-10H2,(H,34,40). The number of benzene rings is 2. The van der Waals surface area contributed by atoms with E-state index in [9.17, 15) is 31.5 Å².